The zero-order chi connectivity index (χ0) is 16.2. The smallest absolute Gasteiger partial charge is 0.158 e. The fourth-order valence-corrected chi connectivity index (χ4v) is 3.01. The monoisotopic (exact) mass is 386 g/mol. The summed E-state index contributed by atoms with van der Waals surface area (Å²) in [6.07, 6.45) is 1.52. The minimum Gasteiger partial charge on any atom is -0.394 e. The molecule has 0 saturated carbocycles. The molecular weight excluding hydrogens is 372 g/mol. The van der Waals surface area contributed by atoms with E-state index in [1.54, 1.807) is 0 Å². The predicted molar refractivity (Wildman–Crippen MR) is 99.2 cm³/mol. The molecule has 1 heterocycles. The van der Waals surface area contributed by atoms with Crippen LogP contribution in [0.4, 0.5) is 17.2 Å². The number of nitrogens with zero attached hydrogens (tertiary/aromatic N) is 2. The van der Waals surface area contributed by atoms with Crippen molar-refractivity contribution in [3.05, 3.63) is 64.9 Å². The molecule has 6 heteroatoms. The van der Waals surface area contributed by atoms with Crippen LogP contribution in [0.25, 0.3) is 0 Å². The maximum absolute atomic E-state index is 6.22. The van der Waals surface area contributed by atoms with Gasteiger partial charge in [-0.05, 0) is 43.3 Å². The maximum Gasteiger partial charge on any atom is 0.158 e. The van der Waals surface area contributed by atoms with Crippen LogP contribution in [-0.2, 0) is 0 Å². The van der Waals surface area contributed by atoms with E-state index in [-0.39, 0.29) is 0 Å². The SMILES string of the molecule is Cc1ccc(Sc2ncnc(Nc3ccc(Br)cc3)c2N)cc1. The number of hydrogen-bond donors (Lipinski definition) is 2. The van der Waals surface area contributed by atoms with Gasteiger partial charge in [0, 0.05) is 15.1 Å². The molecule has 116 valence electrons. The van der Waals surface area contributed by atoms with Crippen LogP contribution >= 0.6 is 27.7 Å². The van der Waals surface area contributed by atoms with Gasteiger partial charge in [-0.1, -0.05) is 45.4 Å². The van der Waals surface area contributed by atoms with E-state index >= 15 is 0 Å². The Hall–Kier alpha value is -2.05. The summed E-state index contributed by atoms with van der Waals surface area (Å²) < 4.78 is 1.02. The lowest BCUT2D eigenvalue weighted by Crippen LogP contribution is -2.02. The summed E-state index contributed by atoms with van der Waals surface area (Å²) in [6.45, 7) is 2.06. The number of halogens is 1. The number of nitrogens with one attached hydrogen (secondary N) is 1. The minimum absolute atomic E-state index is 0.543. The number of anilines is 3. The van der Waals surface area contributed by atoms with Crippen molar-refractivity contribution in [3.8, 4) is 0 Å². The van der Waals surface area contributed by atoms with Gasteiger partial charge in [0.15, 0.2) is 5.82 Å². The topological polar surface area (TPSA) is 63.8 Å². The van der Waals surface area contributed by atoms with Gasteiger partial charge in [0.25, 0.3) is 0 Å². The van der Waals surface area contributed by atoms with E-state index in [1.165, 1.54) is 23.7 Å². The molecule has 1 aromatic heterocycles. The largest absolute Gasteiger partial charge is 0.394 e. The van der Waals surface area contributed by atoms with Crippen molar-refractivity contribution in [2.75, 3.05) is 11.1 Å². The fraction of sp³-hybridized carbons (Fsp3) is 0.0588. The molecule has 0 saturated heterocycles. The Morgan fingerprint density at radius 2 is 1.70 bits per heavy atom. The Balaban J connectivity index is 1.83. The third kappa shape index (κ3) is 4.03. The van der Waals surface area contributed by atoms with Gasteiger partial charge in [-0.2, -0.15) is 0 Å². The highest BCUT2D eigenvalue weighted by atomic mass is 79.9. The van der Waals surface area contributed by atoms with Gasteiger partial charge < -0.3 is 11.1 Å². The van der Waals surface area contributed by atoms with Crippen LogP contribution in [-0.4, -0.2) is 9.97 Å². The quantitative estimate of drug-likeness (QED) is 0.615. The number of benzene rings is 2. The second-order valence-corrected chi connectivity index (χ2v) is 6.97. The molecule has 3 N–H and O–H groups in total. The van der Waals surface area contributed by atoms with Gasteiger partial charge >= 0.3 is 0 Å². The molecule has 4 nitrogen and oxygen atoms in total. The molecule has 23 heavy (non-hydrogen) atoms. The Labute approximate surface area is 147 Å². The first-order chi connectivity index (χ1) is 11.1. The van der Waals surface area contributed by atoms with Gasteiger partial charge in [-0.3, -0.25) is 0 Å². The summed E-state index contributed by atoms with van der Waals surface area (Å²) in [4.78, 5) is 9.62. The Morgan fingerprint density at radius 3 is 2.39 bits per heavy atom. The highest BCUT2D eigenvalue weighted by Gasteiger charge is 2.10. The van der Waals surface area contributed by atoms with Crippen molar-refractivity contribution in [2.45, 2.75) is 16.8 Å². The van der Waals surface area contributed by atoms with Crippen LogP contribution in [0.15, 0.2) is 69.3 Å². The van der Waals surface area contributed by atoms with E-state index in [1.807, 2.05) is 24.3 Å². The lowest BCUT2D eigenvalue weighted by molar-refractivity contribution is 1.06. The molecule has 0 spiro atoms. The van der Waals surface area contributed by atoms with Crippen LogP contribution in [0.2, 0.25) is 0 Å². The summed E-state index contributed by atoms with van der Waals surface area (Å²) in [5.74, 6) is 0.608. The van der Waals surface area contributed by atoms with Gasteiger partial charge in [-0.25, -0.2) is 9.97 Å². The Bertz CT molecular complexity index is 738. The maximum atomic E-state index is 6.22. The highest BCUT2D eigenvalue weighted by Crippen LogP contribution is 2.34. The fourth-order valence-electron chi connectivity index (χ4n) is 1.95. The predicted octanol–water partition coefficient (Wildman–Crippen LogP) is 5.02. The van der Waals surface area contributed by atoms with Crippen molar-refractivity contribution in [2.24, 2.45) is 0 Å². The molecule has 3 aromatic rings. The highest BCUT2D eigenvalue weighted by molar-refractivity contribution is 9.10. The van der Waals surface area contributed by atoms with Gasteiger partial charge in [0.05, 0.1) is 0 Å². The molecule has 0 bridgehead atoms. The zero-order valence-electron chi connectivity index (χ0n) is 12.5. The standard InChI is InChI=1S/C17H15BrN4S/c1-11-2-8-14(9-3-11)23-17-15(19)16(20-10-21-17)22-13-6-4-12(18)5-7-13/h2-10H,19H2,1H3,(H,20,21,22). The molecule has 0 amide bonds. The number of aryl methyl sites for hydroxylation is 1. The second kappa shape index (κ2) is 7.02. The molecule has 0 fully saturated rings. The molecule has 0 radical (unpaired) electrons. The summed E-state index contributed by atoms with van der Waals surface area (Å²) in [6, 6.07) is 16.1. The second-order valence-electron chi connectivity index (χ2n) is 4.99. The molecule has 0 atom stereocenters. The van der Waals surface area contributed by atoms with E-state index in [2.05, 4.69) is 62.4 Å². The molecule has 0 aliphatic heterocycles. The Kier molecular flexibility index (Phi) is 4.83. The summed E-state index contributed by atoms with van der Waals surface area (Å²) >= 11 is 4.94. The van der Waals surface area contributed by atoms with E-state index in [0.29, 0.717) is 11.5 Å². The first-order valence-electron chi connectivity index (χ1n) is 6.99. The number of aromatic nitrogens is 2. The molecule has 3 rings (SSSR count). The summed E-state index contributed by atoms with van der Waals surface area (Å²) in [5.41, 5.74) is 8.91. The van der Waals surface area contributed by atoms with E-state index in [0.717, 1.165) is 20.1 Å². The van der Waals surface area contributed by atoms with Crippen molar-refractivity contribution in [3.63, 3.8) is 0 Å². The number of nitrogen functional groups attached to an aromatic ring is 1. The normalized spacial score (nSPS) is 10.5. The Morgan fingerprint density at radius 1 is 1.00 bits per heavy atom. The van der Waals surface area contributed by atoms with Crippen molar-refractivity contribution >= 4 is 44.9 Å². The molecule has 0 aliphatic carbocycles. The molecule has 0 unspecified atom stereocenters. The van der Waals surface area contributed by atoms with Crippen LogP contribution in [0, 0.1) is 6.92 Å². The number of rotatable bonds is 4. The van der Waals surface area contributed by atoms with Crippen molar-refractivity contribution in [1.82, 2.24) is 9.97 Å². The van der Waals surface area contributed by atoms with Crippen LogP contribution < -0.4 is 11.1 Å². The number of hydrogen-bond acceptors (Lipinski definition) is 5. The average Bonchev–Trinajstić information content (AvgIpc) is 2.55. The molecule has 2 aromatic carbocycles. The van der Waals surface area contributed by atoms with Crippen LogP contribution in [0.3, 0.4) is 0 Å². The summed E-state index contributed by atoms with van der Waals surface area (Å²) in [7, 11) is 0. The van der Waals surface area contributed by atoms with E-state index in [9.17, 15) is 0 Å². The van der Waals surface area contributed by atoms with Gasteiger partial charge in [-0.15, -0.1) is 0 Å². The first-order valence-corrected chi connectivity index (χ1v) is 8.60. The number of nitrogens with two attached hydrogens (primary N) is 1. The molecular formula is C17H15BrN4S. The zero-order valence-corrected chi connectivity index (χ0v) is 14.9. The van der Waals surface area contributed by atoms with E-state index < -0.39 is 0 Å². The van der Waals surface area contributed by atoms with Gasteiger partial charge in [0.1, 0.15) is 17.0 Å². The van der Waals surface area contributed by atoms with E-state index in [4.69, 9.17) is 5.73 Å². The summed E-state index contributed by atoms with van der Waals surface area (Å²) in [5, 5.41) is 3.96. The average molecular weight is 387 g/mol. The third-order valence-corrected chi connectivity index (χ3v) is 4.75. The van der Waals surface area contributed by atoms with Crippen LogP contribution in [0.5, 0.6) is 0 Å². The minimum atomic E-state index is 0.543. The lowest BCUT2D eigenvalue weighted by atomic mass is 10.2. The van der Waals surface area contributed by atoms with Crippen molar-refractivity contribution in [1.29, 1.82) is 0 Å². The third-order valence-electron chi connectivity index (χ3n) is 3.19. The van der Waals surface area contributed by atoms with Crippen LogP contribution in [0.1, 0.15) is 5.56 Å². The lowest BCUT2D eigenvalue weighted by Gasteiger charge is -2.11. The van der Waals surface area contributed by atoms with Gasteiger partial charge in [0.2, 0.25) is 0 Å². The van der Waals surface area contributed by atoms with Crippen molar-refractivity contribution < 1.29 is 0 Å². The molecule has 0 aliphatic rings. The first kappa shape index (κ1) is 15.8.